The molecule has 5 heterocycles. The smallest absolute Gasteiger partial charge is 0.289 e. The number of nitrogens with one attached hydrogen (secondary N) is 1. The number of fused-ring (bicyclic) bond motifs is 6. The van der Waals surface area contributed by atoms with Gasteiger partial charge in [0, 0.05) is 48.7 Å². The molecule has 2 aromatic carbocycles. The number of ether oxygens (including phenoxy) is 2. The predicted molar refractivity (Wildman–Crippen MR) is 142 cm³/mol. The number of aromatic amines is 1. The molecule has 3 aliphatic heterocycles. The highest BCUT2D eigenvalue weighted by Gasteiger charge is 2.44. The number of aliphatic hydroxyl groups is 1. The van der Waals surface area contributed by atoms with Crippen LogP contribution in [0.4, 0.5) is 0 Å². The second-order valence-corrected chi connectivity index (χ2v) is 10.7. The van der Waals surface area contributed by atoms with Gasteiger partial charge in [-0.15, -0.1) is 0 Å². The Hall–Kier alpha value is -3.75. The number of aliphatic hydroxyl groups excluding tert-OH is 1. The van der Waals surface area contributed by atoms with E-state index < -0.39 is 6.10 Å². The fraction of sp³-hybridized carbons (Fsp3) is 0.367. The van der Waals surface area contributed by atoms with Crippen molar-refractivity contribution in [3.63, 3.8) is 0 Å². The Kier molecular flexibility index (Phi) is 5.49. The molecule has 1 fully saturated rings. The first-order valence-electron chi connectivity index (χ1n) is 13.3. The standard InChI is InChI=1S/C30H31N3O5/c1-17(34)21-15-33-11-10-20-28-19(18-8-9-25-27(13-18)38-16-37-25)5-3-6-22(28)31-29(20)24(33)14-23(21)32(2)30(35)26-7-4-12-36-26/h3-9,12-13,17,21,23-24,31,34H,10-11,14-16H2,1-2H3/t17-,21-,23-,24-/m0/s1. The van der Waals surface area contributed by atoms with E-state index in [-0.39, 0.29) is 30.7 Å². The van der Waals surface area contributed by atoms with Crippen molar-refractivity contribution in [3.8, 4) is 22.6 Å². The van der Waals surface area contributed by atoms with E-state index in [4.69, 9.17) is 13.9 Å². The van der Waals surface area contributed by atoms with Crippen LogP contribution in [0.1, 0.15) is 41.2 Å². The van der Waals surface area contributed by atoms with Gasteiger partial charge in [0.2, 0.25) is 6.79 Å². The maximum Gasteiger partial charge on any atom is 0.289 e. The molecule has 0 unspecified atom stereocenters. The van der Waals surface area contributed by atoms with Gasteiger partial charge in [0.15, 0.2) is 17.3 Å². The number of carbonyl (C=O) groups excluding carboxylic acids is 1. The Morgan fingerprint density at radius 2 is 2.03 bits per heavy atom. The molecule has 1 saturated heterocycles. The number of nitrogens with zero attached hydrogens (tertiary/aromatic N) is 2. The number of piperidine rings is 1. The van der Waals surface area contributed by atoms with Crippen molar-refractivity contribution in [1.82, 2.24) is 14.8 Å². The summed E-state index contributed by atoms with van der Waals surface area (Å²) in [5.74, 6) is 1.67. The zero-order valence-electron chi connectivity index (χ0n) is 21.5. The first-order valence-corrected chi connectivity index (χ1v) is 13.3. The van der Waals surface area contributed by atoms with E-state index in [1.54, 1.807) is 17.0 Å². The summed E-state index contributed by atoms with van der Waals surface area (Å²) in [6.45, 7) is 3.73. The Morgan fingerprint density at radius 3 is 2.84 bits per heavy atom. The van der Waals surface area contributed by atoms with E-state index >= 15 is 0 Å². The first-order chi connectivity index (χ1) is 18.5. The molecule has 4 atom stereocenters. The molecule has 3 aliphatic rings. The lowest BCUT2D eigenvalue weighted by Crippen LogP contribution is -2.56. The Morgan fingerprint density at radius 1 is 1.16 bits per heavy atom. The van der Waals surface area contributed by atoms with Gasteiger partial charge in [0.25, 0.3) is 5.91 Å². The highest BCUT2D eigenvalue weighted by atomic mass is 16.7. The van der Waals surface area contributed by atoms with Gasteiger partial charge in [-0.25, -0.2) is 0 Å². The van der Waals surface area contributed by atoms with E-state index in [1.807, 2.05) is 20.0 Å². The van der Waals surface area contributed by atoms with E-state index in [2.05, 4.69) is 40.2 Å². The Balaban J connectivity index is 1.27. The zero-order valence-corrected chi connectivity index (χ0v) is 21.5. The summed E-state index contributed by atoms with van der Waals surface area (Å²) < 4.78 is 16.6. The normalized spacial score (nSPS) is 23.2. The van der Waals surface area contributed by atoms with Gasteiger partial charge in [-0.1, -0.05) is 18.2 Å². The Bertz CT molecular complexity index is 1510. The summed E-state index contributed by atoms with van der Waals surface area (Å²) in [6.07, 6.45) is 2.64. The highest BCUT2D eigenvalue weighted by molar-refractivity contribution is 5.99. The maximum atomic E-state index is 13.2. The van der Waals surface area contributed by atoms with Crippen LogP contribution < -0.4 is 9.47 Å². The molecule has 2 aromatic heterocycles. The minimum atomic E-state index is -0.533. The summed E-state index contributed by atoms with van der Waals surface area (Å²) in [6, 6.07) is 16.0. The number of benzene rings is 2. The van der Waals surface area contributed by atoms with Crippen LogP contribution >= 0.6 is 0 Å². The fourth-order valence-electron chi connectivity index (χ4n) is 6.70. The van der Waals surface area contributed by atoms with E-state index in [0.717, 1.165) is 48.5 Å². The van der Waals surface area contributed by atoms with Crippen LogP contribution in [-0.2, 0) is 6.42 Å². The second kappa shape index (κ2) is 8.92. The zero-order chi connectivity index (χ0) is 26.0. The van der Waals surface area contributed by atoms with Crippen LogP contribution in [-0.4, -0.2) is 64.9 Å². The maximum absolute atomic E-state index is 13.2. The van der Waals surface area contributed by atoms with Crippen molar-refractivity contribution < 1.29 is 23.8 Å². The highest BCUT2D eigenvalue weighted by Crippen LogP contribution is 2.45. The van der Waals surface area contributed by atoms with Gasteiger partial charge in [0.1, 0.15) is 0 Å². The number of carbonyl (C=O) groups is 1. The number of hydrogen-bond acceptors (Lipinski definition) is 6. The lowest BCUT2D eigenvalue weighted by Gasteiger charge is -2.49. The SMILES string of the molecule is C[C@H](O)[C@@H]1CN2CCc3c([nH]c4cccc(-c5ccc6c(c5)OCO6)c34)[C@@H]2C[C@@H]1N(C)C(=O)c1ccco1. The van der Waals surface area contributed by atoms with E-state index in [0.29, 0.717) is 5.76 Å². The molecule has 0 bridgehead atoms. The molecule has 4 aromatic rings. The molecule has 0 aliphatic carbocycles. The summed E-state index contributed by atoms with van der Waals surface area (Å²) in [7, 11) is 1.83. The lowest BCUT2D eigenvalue weighted by atomic mass is 9.79. The molecule has 8 heteroatoms. The molecule has 8 nitrogen and oxygen atoms in total. The largest absolute Gasteiger partial charge is 0.459 e. The molecule has 0 spiro atoms. The molecule has 0 radical (unpaired) electrons. The van der Waals surface area contributed by atoms with Gasteiger partial charge in [-0.3, -0.25) is 9.69 Å². The average Bonchev–Trinajstić information content (AvgIpc) is 3.70. The molecule has 7 rings (SSSR count). The summed E-state index contributed by atoms with van der Waals surface area (Å²) in [5, 5.41) is 12.0. The van der Waals surface area contributed by atoms with Crippen LogP contribution in [0.3, 0.4) is 0 Å². The molecular weight excluding hydrogens is 482 g/mol. The van der Waals surface area contributed by atoms with Crippen LogP contribution in [0, 0.1) is 5.92 Å². The quantitative estimate of drug-likeness (QED) is 0.415. The fourth-order valence-corrected chi connectivity index (χ4v) is 6.70. The molecule has 2 N–H and O–H groups in total. The molecule has 1 amide bonds. The van der Waals surface area contributed by atoms with Crippen LogP contribution in [0.15, 0.2) is 59.2 Å². The van der Waals surface area contributed by atoms with Crippen LogP contribution in [0.25, 0.3) is 22.0 Å². The van der Waals surface area contributed by atoms with Crippen molar-refractivity contribution in [2.75, 3.05) is 26.9 Å². The van der Waals surface area contributed by atoms with E-state index in [9.17, 15) is 9.90 Å². The number of hydrogen-bond donors (Lipinski definition) is 2. The van der Waals surface area contributed by atoms with Crippen molar-refractivity contribution in [2.45, 2.75) is 38.0 Å². The molecule has 38 heavy (non-hydrogen) atoms. The minimum Gasteiger partial charge on any atom is -0.459 e. The van der Waals surface area contributed by atoms with E-state index in [1.165, 1.54) is 28.5 Å². The molecular formula is C30H31N3O5. The summed E-state index contributed by atoms with van der Waals surface area (Å²) in [4.78, 5) is 21.2. The molecule has 0 saturated carbocycles. The van der Waals surface area contributed by atoms with Crippen molar-refractivity contribution in [2.24, 2.45) is 5.92 Å². The topological polar surface area (TPSA) is 91.2 Å². The van der Waals surface area contributed by atoms with Crippen molar-refractivity contribution in [3.05, 3.63) is 71.8 Å². The summed E-state index contributed by atoms with van der Waals surface area (Å²) >= 11 is 0. The predicted octanol–water partition coefficient (Wildman–Crippen LogP) is 4.60. The lowest BCUT2D eigenvalue weighted by molar-refractivity contribution is -0.0245. The number of furan rings is 1. The van der Waals surface area contributed by atoms with Gasteiger partial charge in [-0.2, -0.15) is 0 Å². The molecule has 196 valence electrons. The van der Waals surface area contributed by atoms with Crippen molar-refractivity contribution >= 4 is 16.8 Å². The van der Waals surface area contributed by atoms with Gasteiger partial charge >= 0.3 is 0 Å². The third-order valence-electron chi connectivity index (χ3n) is 8.64. The van der Waals surface area contributed by atoms with Gasteiger partial charge < -0.3 is 28.9 Å². The number of H-pyrrole nitrogens is 1. The minimum absolute atomic E-state index is 0.0507. The third-order valence-corrected chi connectivity index (χ3v) is 8.64. The van der Waals surface area contributed by atoms with Crippen LogP contribution in [0.2, 0.25) is 0 Å². The number of rotatable bonds is 4. The second-order valence-electron chi connectivity index (χ2n) is 10.7. The third kappa shape index (κ3) is 3.62. The number of amides is 1. The average molecular weight is 514 g/mol. The summed E-state index contributed by atoms with van der Waals surface area (Å²) in [5.41, 5.74) is 5.94. The Labute approximate surface area is 220 Å². The van der Waals surface area contributed by atoms with Crippen LogP contribution in [0.5, 0.6) is 11.5 Å². The first kappa shape index (κ1) is 23.4. The number of aromatic nitrogens is 1. The van der Waals surface area contributed by atoms with Gasteiger partial charge in [-0.05, 0) is 66.8 Å². The monoisotopic (exact) mass is 513 g/mol. The van der Waals surface area contributed by atoms with Crippen molar-refractivity contribution in [1.29, 1.82) is 0 Å². The van der Waals surface area contributed by atoms with Gasteiger partial charge in [0.05, 0.1) is 18.4 Å².